The highest BCUT2D eigenvalue weighted by Gasteiger charge is 2.30. The van der Waals surface area contributed by atoms with Crippen LogP contribution in [-0.2, 0) is 13.6 Å². The largest absolute Gasteiger partial charge is 0.332 e. The van der Waals surface area contributed by atoms with Crippen LogP contribution in [-0.4, -0.2) is 20.4 Å². The molecule has 0 spiro atoms. The van der Waals surface area contributed by atoms with Gasteiger partial charge < -0.3 is 9.47 Å². The fourth-order valence-corrected chi connectivity index (χ4v) is 2.85. The Labute approximate surface area is 121 Å². The van der Waals surface area contributed by atoms with Crippen molar-refractivity contribution in [1.29, 1.82) is 0 Å². The fraction of sp³-hybridized carbons (Fsp3) is 0.188. The molecule has 0 unspecified atom stereocenters. The van der Waals surface area contributed by atoms with Crippen LogP contribution in [0.1, 0.15) is 21.6 Å². The number of nitrogens with zero attached hydrogens (tertiary/aromatic N) is 4. The molecule has 104 valence electrons. The van der Waals surface area contributed by atoms with Gasteiger partial charge in [-0.2, -0.15) is 0 Å². The van der Waals surface area contributed by atoms with Crippen molar-refractivity contribution >= 4 is 22.8 Å². The minimum Gasteiger partial charge on any atom is -0.332 e. The van der Waals surface area contributed by atoms with E-state index < -0.39 is 0 Å². The first kappa shape index (κ1) is 12.1. The molecule has 0 saturated heterocycles. The van der Waals surface area contributed by atoms with Crippen LogP contribution in [0.4, 0.5) is 5.69 Å². The Morgan fingerprint density at radius 3 is 2.86 bits per heavy atom. The van der Waals surface area contributed by atoms with E-state index in [4.69, 9.17) is 0 Å². The zero-order chi connectivity index (χ0) is 14.6. The minimum atomic E-state index is 0.0291. The monoisotopic (exact) mass is 278 g/mol. The average molecular weight is 278 g/mol. The Kier molecular flexibility index (Phi) is 2.39. The number of benzene rings is 1. The van der Waals surface area contributed by atoms with E-state index in [0.29, 0.717) is 6.54 Å². The molecule has 21 heavy (non-hydrogen) atoms. The van der Waals surface area contributed by atoms with E-state index in [1.807, 2.05) is 49.0 Å². The number of carbonyl (C=O) groups is 1. The number of fused-ring (bicyclic) bond motifs is 2. The summed E-state index contributed by atoms with van der Waals surface area (Å²) in [6.07, 6.45) is 3.67. The summed E-state index contributed by atoms with van der Waals surface area (Å²) in [5.74, 6) is 0.0291. The highest BCUT2D eigenvalue weighted by molar-refractivity contribution is 6.12. The summed E-state index contributed by atoms with van der Waals surface area (Å²) < 4.78 is 1.91. The van der Waals surface area contributed by atoms with E-state index in [-0.39, 0.29) is 5.91 Å². The highest BCUT2D eigenvalue weighted by Crippen LogP contribution is 2.33. The Morgan fingerprint density at radius 1 is 1.24 bits per heavy atom. The molecule has 0 radical (unpaired) electrons. The van der Waals surface area contributed by atoms with Crippen LogP contribution in [0.5, 0.6) is 0 Å². The number of aromatic nitrogens is 3. The van der Waals surface area contributed by atoms with Gasteiger partial charge in [0.25, 0.3) is 5.91 Å². The molecule has 1 aromatic carbocycles. The van der Waals surface area contributed by atoms with E-state index in [0.717, 1.165) is 33.7 Å². The number of carbonyl (C=O) groups excluding carboxylic acids is 1. The molecule has 3 heterocycles. The molecule has 0 fully saturated rings. The quantitative estimate of drug-likeness (QED) is 0.687. The van der Waals surface area contributed by atoms with E-state index in [9.17, 15) is 4.79 Å². The van der Waals surface area contributed by atoms with E-state index in [1.54, 1.807) is 11.1 Å². The molecule has 1 amide bonds. The van der Waals surface area contributed by atoms with Gasteiger partial charge in [0.15, 0.2) is 5.65 Å². The fourth-order valence-electron chi connectivity index (χ4n) is 2.85. The first-order valence-electron chi connectivity index (χ1n) is 6.83. The molecule has 0 aliphatic carbocycles. The molecular weight excluding hydrogens is 264 g/mol. The zero-order valence-electron chi connectivity index (χ0n) is 11.9. The van der Waals surface area contributed by atoms with Crippen LogP contribution in [0.25, 0.3) is 11.2 Å². The van der Waals surface area contributed by atoms with Crippen molar-refractivity contribution in [2.75, 3.05) is 4.90 Å². The summed E-state index contributed by atoms with van der Waals surface area (Å²) in [5.41, 5.74) is 5.07. The number of aryl methyl sites for hydroxylation is 2. The second-order valence-electron chi connectivity index (χ2n) is 5.36. The summed E-state index contributed by atoms with van der Waals surface area (Å²) in [6, 6.07) is 7.73. The van der Waals surface area contributed by atoms with Crippen LogP contribution in [0, 0.1) is 6.92 Å². The summed E-state index contributed by atoms with van der Waals surface area (Å²) in [4.78, 5) is 23.4. The minimum absolute atomic E-state index is 0.0291. The molecule has 5 nitrogen and oxygen atoms in total. The van der Waals surface area contributed by atoms with Crippen molar-refractivity contribution in [2.24, 2.45) is 7.05 Å². The number of anilines is 1. The normalized spacial score (nSPS) is 14.0. The first-order valence-corrected chi connectivity index (χ1v) is 6.83. The Hall–Kier alpha value is -2.69. The van der Waals surface area contributed by atoms with Gasteiger partial charge in [-0.15, -0.1) is 0 Å². The lowest BCUT2D eigenvalue weighted by atomic mass is 10.1. The van der Waals surface area contributed by atoms with Gasteiger partial charge in [0.2, 0.25) is 0 Å². The second kappa shape index (κ2) is 4.15. The standard InChI is InChI=1S/C16H14N4O/c1-10-7-17-15-14(18-10)13(9-19(15)2)20-8-11-5-3-4-6-12(11)16(20)21/h3-7,9H,8H2,1-2H3. The maximum Gasteiger partial charge on any atom is 0.259 e. The lowest BCUT2D eigenvalue weighted by Gasteiger charge is -2.13. The molecule has 1 aliphatic heterocycles. The Bertz CT molecular complexity index is 881. The van der Waals surface area contributed by atoms with Gasteiger partial charge in [0.05, 0.1) is 24.1 Å². The van der Waals surface area contributed by atoms with Crippen LogP contribution >= 0.6 is 0 Å². The van der Waals surface area contributed by atoms with Crippen LogP contribution in [0.15, 0.2) is 36.7 Å². The summed E-state index contributed by atoms with van der Waals surface area (Å²) in [7, 11) is 1.92. The maximum absolute atomic E-state index is 12.6. The molecule has 2 aromatic heterocycles. The van der Waals surface area contributed by atoms with Gasteiger partial charge in [-0.25, -0.2) is 9.97 Å². The lowest BCUT2D eigenvalue weighted by Crippen LogP contribution is -2.22. The van der Waals surface area contributed by atoms with E-state index >= 15 is 0 Å². The smallest absolute Gasteiger partial charge is 0.259 e. The summed E-state index contributed by atoms with van der Waals surface area (Å²) >= 11 is 0. The summed E-state index contributed by atoms with van der Waals surface area (Å²) in [6.45, 7) is 2.49. The van der Waals surface area contributed by atoms with E-state index in [2.05, 4.69) is 9.97 Å². The van der Waals surface area contributed by atoms with Crippen molar-refractivity contribution in [3.05, 3.63) is 53.5 Å². The zero-order valence-corrected chi connectivity index (χ0v) is 11.9. The molecule has 1 aliphatic rings. The lowest BCUT2D eigenvalue weighted by molar-refractivity contribution is 0.0997. The van der Waals surface area contributed by atoms with Crippen LogP contribution in [0.2, 0.25) is 0 Å². The molecule has 0 bridgehead atoms. The first-order chi connectivity index (χ1) is 10.1. The predicted octanol–water partition coefficient (Wildman–Crippen LogP) is 2.44. The number of hydrogen-bond acceptors (Lipinski definition) is 3. The number of hydrogen-bond donors (Lipinski definition) is 0. The van der Waals surface area contributed by atoms with Gasteiger partial charge in [0, 0.05) is 18.8 Å². The van der Waals surface area contributed by atoms with Gasteiger partial charge in [-0.1, -0.05) is 18.2 Å². The molecule has 4 rings (SSSR count). The molecule has 3 aromatic rings. The van der Waals surface area contributed by atoms with Crippen molar-refractivity contribution < 1.29 is 4.79 Å². The van der Waals surface area contributed by atoms with Gasteiger partial charge in [-0.05, 0) is 18.6 Å². The summed E-state index contributed by atoms with van der Waals surface area (Å²) in [5, 5.41) is 0. The molecular formula is C16H14N4O. The van der Waals surface area contributed by atoms with Crippen LogP contribution in [0.3, 0.4) is 0 Å². The van der Waals surface area contributed by atoms with E-state index in [1.165, 1.54) is 0 Å². The van der Waals surface area contributed by atoms with Crippen molar-refractivity contribution in [2.45, 2.75) is 13.5 Å². The Morgan fingerprint density at radius 2 is 2.05 bits per heavy atom. The van der Waals surface area contributed by atoms with Gasteiger partial charge in [-0.3, -0.25) is 4.79 Å². The SMILES string of the molecule is Cc1cnc2c(n1)c(N1Cc3ccccc3C1=O)cn2C. The van der Waals surface area contributed by atoms with Crippen molar-refractivity contribution in [1.82, 2.24) is 14.5 Å². The van der Waals surface area contributed by atoms with Crippen molar-refractivity contribution in [3.63, 3.8) is 0 Å². The molecule has 0 N–H and O–H groups in total. The molecule has 0 saturated carbocycles. The molecule has 5 heteroatoms. The van der Waals surface area contributed by atoms with Gasteiger partial charge >= 0.3 is 0 Å². The average Bonchev–Trinajstić information content (AvgIpc) is 2.98. The predicted molar refractivity (Wildman–Crippen MR) is 80.2 cm³/mol. The number of amides is 1. The third-order valence-electron chi connectivity index (χ3n) is 3.88. The maximum atomic E-state index is 12.6. The molecule has 0 atom stereocenters. The Balaban J connectivity index is 1.89. The van der Waals surface area contributed by atoms with Crippen LogP contribution < -0.4 is 4.90 Å². The topological polar surface area (TPSA) is 51.0 Å². The second-order valence-corrected chi connectivity index (χ2v) is 5.36. The third kappa shape index (κ3) is 1.67. The third-order valence-corrected chi connectivity index (χ3v) is 3.88. The van der Waals surface area contributed by atoms with Gasteiger partial charge in [0.1, 0.15) is 5.52 Å². The highest BCUT2D eigenvalue weighted by atomic mass is 16.2. The van der Waals surface area contributed by atoms with Crippen molar-refractivity contribution in [3.8, 4) is 0 Å². The number of rotatable bonds is 1.